The first kappa shape index (κ1) is 17.4. The van der Waals surface area contributed by atoms with Gasteiger partial charge < -0.3 is 10.6 Å². The van der Waals surface area contributed by atoms with Gasteiger partial charge in [0, 0.05) is 18.5 Å². The molecule has 2 amide bonds. The lowest BCUT2D eigenvalue weighted by molar-refractivity contribution is -0.122. The number of hydrogen-bond donors (Lipinski definition) is 2. The fourth-order valence-electron chi connectivity index (χ4n) is 2.46. The Kier molecular flexibility index (Phi) is 5.24. The van der Waals surface area contributed by atoms with Gasteiger partial charge in [-0.05, 0) is 93.7 Å². The molecule has 2 aromatic carbocycles. The fourth-order valence-corrected chi connectivity index (χ4v) is 3.18. The van der Waals surface area contributed by atoms with Gasteiger partial charge in [0.15, 0.2) is 0 Å². The summed E-state index contributed by atoms with van der Waals surface area (Å²) in [6.07, 6.45) is 0. The SMILES string of the molecule is C=C1C(C(=O)Nc2ccc(I)cc2)C1C(=O)Nc1ccc(I)cc1. The molecule has 2 N–H and O–H groups in total. The van der Waals surface area contributed by atoms with Crippen LogP contribution in [-0.2, 0) is 9.59 Å². The molecule has 0 bridgehead atoms. The molecule has 1 fully saturated rings. The lowest BCUT2D eigenvalue weighted by atomic mass is 10.2. The van der Waals surface area contributed by atoms with Gasteiger partial charge in [0.2, 0.25) is 11.8 Å². The van der Waals surface area contributed by atoms with Gasteiger partial charge in [0.25, 0.3) is 0 Å². The smallest absolute Gasteiger partial charge is 0.232 e. The minimum Gasteiger partial charge on any atom is -0.326 e. The summed E-state index contributed by atoms with van der Waals surface area (Å²) in [4.78, 5) is 24.7. The Balaban J connectivity index is 1.61. The first-order valence-corrected chi connectivity index (χ1v) is 9.43. The Hall–Kier alpha value is -1.42. The highest BCUT2D eigenvalue weighted by atomic mass is 127. The maximum Gasteiger partial charge on any atom is 0.232 e. The molecule has 6 heteroatoms. The number of carbonyl (C=O) groups is 2. The van der Waals surface area contributed by atoms with E-state index >= 15 is 0 Å². The summed E-state index contributed by atoms with van der Waals surface area (Å²) in [5.41, 5.74) is 2.09. The van der Waals surface area contributed by atoms with E-state index in [4.69, 9.17) is 0 Å². The van der Waals surface area contributed by atoms with E-state index in [1.54, 1.807) is 0 Å². The van der Waals surface area contributed by atoms with Crippen LogP contribution < -0.4 is 10.6 Å². The Morgan fingerprint density at radius 3 is 1.42 bits per heavy atom. The highest BCUT2D eigenvalue weighted by Crippen LogP contribution is 2.45. The van der Waals surface area contributed by atoms with Crippen molar-refractivity contribution in [2.75, 3.05) is 10.6 Å². The van der Waals surface area contributed by atoms with Crippen LogP contribution >= 0.6 is 45.2 Å². The van der Waals surface area contributed by atoms with Crippen molar-refractivity contribution in [3.8, 4) is 0 Å². The van der Waals surface area contributed by atoms with Crippen molar-refractivity contribution in [2.24, 2.45) is 11.8 Å². The second-order valence-corrected chi connectivity index (χ2v) is 8.01. The third-order valence-electron chi connectivity index (χ3n) is 3.81. The molecule has 3 rings (SSSR count). The van der Waals surface area contributed by atoms with Crippen LogP contribution in [0, 0.1) is 19.0 Å². The average Bonchev–Trinajstić information content (AvgIpc) is 3.23. The van der Waals surface area contributed by atoms with Crippen molar-refractivity contribution >= 4 is 68.4 Å². The van der Waals surface area contributed by atoms with Crippen LogP contribution in [0.25, 0.3) is 0 Å². The van der Waals surface area contributed by atoms with E-state index in [2.05, 4.69) is 62.4 Å². The van der Waals surface area contributed by atoms with Gasteiger partial charge in [0.1, 0.15) is 0 Å². The third kappa shape index (κ3) is 3.97. The predicted octanol–water partition coefficient (Wildman–Crippen LogP) is 4.28. The van der Waals surface area contributed by atoms with Gasteiger partial charge in [-0.25, -0.2) is 0 Å². The van der Waals surface area contributed by atoms with E-state index < -0.39 is 11.8 Å². The molecule has 0 saturated heterocycles. The Morgan fingerprint density at radius 1 is 0.750 bits per heavy atom. The fraction of sp³-hybridized carbons (Fsp3) is 0.111. The minimum absolute atomic E-state index is 0.191. The largest absolute Gasteiger partial charge is 0.326 e. The molecule has 1 aliphatic carbocycles. The van der Waals surface area contributed by atoms with Crippen LogP contribution in [0.4, 0.5) is 11.4 Å². The molecule has 0 aliphatic heterocycles. The molecular formula is C18H14I2N2O2. The molecule has 122 valence electrons. The van der Waals surface area contributed by atoms with Gasteiger partial charge in [-0.1, -0.05) is 12.2 Å². The molecule has 24 heavy (non-hydrogen) atoms. The molecule has 1 aliphatic rings. The zero-order valence-electron chi connectivity index (χ0n) is 12.6. The lowest BCUT2D eigenvalue weighted by Crippen LogP contribution is -2.20. The Bertz CT molecular complexity index is 733. The number of anilines is 2. The van der Waals surface area contributed by atoms with E-state index in [1.165, 1.54) is 0 Å². The standard InChI is InChI=1S/C18H14I2N2O2/c1-10-15(17(23)21-13-6-2-11(19)3-7-13)16(10)18(24)22-14-8-4-12(20)5-9-14/h2-9,15-16H,1H2,(H,21,23)(H,22,24). The van der Waals surface area contributed by atoms with Gasteiger partial charge in [-0.3, -0.25) is 9.59 Å². The molecule has 0 spiro atoms. The van der Waals surface area contributed by atoms with E-state index in [-0.39, 0.29) is 11.8 Å². The van der Waals surface area contributed by atoms with Gasteiger partial charge in [0.05, 0.1) is 11.8 Å². The van der Waals surface area contributed by atoms with Crippen LogP contribution in [0.3, 0.4) is 0 Å². The van der Waals surface area contributed by atoms with Gasteiger partial charge in [-0.2, -0.15) is 0 Å². The van der Waals surface area contributed by atoms with Crippen molar-refractivity contribution in [3.63, 3.8) is 0 Å². The monoisotopic (exact) mass is 544 g/mol. The zero-order chi connectivity index (χ0) is 17.3. The number of carbonyl (C=O) groups excluding carboxylic acids is 2. The van der Waals surface area contributed by atoms with Crippen molar-refractivity contribution in [1.82, 2.24) is 0 Å². The van der Waals surface area contributed by atoms with Crippen LogP contribution in [0.5, 0.6) is 0 Å². The Morgan fingerprint density at radius 2 is 1.08 bits per heavy atom. The van der Waals surface area contributed by atoms with Gasteiger partial charge in [-0.15, -0.1) is 0 Å². The van der Waals surface area contributed by atoms with E-state index in [1.807, 2.05) is 48.5 Å². The molecular weight excluding hydrogens is 530 g/mol. The quantitative estimate of drug-likeness (QED) is 0.447. The number of halogens is 2. The van der Waals surface area contributed by atoms with Crippen molar-refractivity contribution < 1.29 is 9.59 Å². The molecule has 0 aromatic heterocycles. The van der Waals surface area contributed by atoms with Crippen LogP contribution in [0.1, 0.15) is 0 Å². The molecule has 4 nitrogen and oxygen atoms in total. The Labute approximate surface area is 167 Å². The normalized spacial score (nSPS) is 18.8. The topological polar surface area (TPSA) is 58.2 Å². The number of benzene rings is 2. The summed E-state index contributed by atoms with van der Waals surface area (Å²) < 4.78 is 2.19. The van der Waals surface area contributed by atoms with Crippen LogP contribution in [-0.4, -0.2) is 11.8 Å². The molecule has 1 saturated carbocycles. The second kappa shape index (κ2) is 7.22. The number of amides is 2. The van der Waals surface area contributed by atoms with E-state index in [0.29, 0.717) is 5.57 Å². The van der Waals surface area contributed by atoms with Crippen LogP contribution in [0.15, 0.2) is 60.7 Å². The molecule has 2 aromatic rings. The van der Waals surface area contributed by atoms with E-state index in [9.17, 15) is 9.59 Å². The summed E-state index contributed by atoms with van der Waals surface area (Å²) in [6.45, 7) is 3.86. The van der Waals surface area contributed by atoms with Crippen LogP contribution in [0.2, 0.25) is 0 Å². The van der Waals surface area contributed by atoms with E-state index in [0.717, 1.165) is 18.5 Å². The maximum absolute atomic E-state index is 12.3. The minimum atomic E-state index is -0.465. The number of rotatable bonds is 4. The molecule has 2 unspecified atom stereocenters. The van der Waals surface area contributed by atoms with Crippen molar-refractivity contribution in [1.29, 1.82) is 0 Å². The molecule has 0 heterocycles. The molecule has 0 radical (unpaired) electrons. The average molecular weight is 544 g/mol. The number of hydrogen-bond acceptors (Lipinski definition) is 2. The first-order chi connectivity index (χ1) is 11.5. The third-order valence-corrected chi connectivity index (χ3v) is 5.25. The van der Waals surface area contributed by atoms with Crippen molar-refractivity contribution in [3.05, 3.63) is 67.8 Å². The highest BCUT2D eigenvalue weighted by Gasteiger charge is 2.52. The maximum atomic E-state index is 12.3. The van der Waals surface area contributed by atoms with Crippen molar-refractivity contribution in [2.45, 2.75) is 0 Å². The predicted molar refractivity (Wildman–Crippen MR) is 112 cm³/mol. The summed E-state index contributed by atoms with van der Waals surface area (Å²) in [6, 6.07) is 15.0. The summed E-state index contributed by atoms with van der Waals surface area (Å²) in [5.74, 6) is -1.31. The van der Waals surface area contributed by atoms with Gasteiger partial charge >= 0.3 is 0 Å². The number of nitrogens with one attached hydrogen (secondary N) is 2. The zero-order valence-corrected chi connectivity index (χ0v) is 16.9. The second-order valence-electron chi connectivity index (χ2n) is 5.52. The summed E-state index contributed by atoms with van der Waals surface area (Å²) in [7, 11) is 0. The molecule has 2 atom stereocenters. The highest BCUT2D eigenvalue weighted by molar-refractivity contribution is 14.1. The first-order valence-electron chi connectivity index (χ1n) is 7.27. The lowest BCUT2D eigenvalue weighted by Gasteiger charge is -2.06. The summed E-state index contributed by atoms with van der Waals surface area (Å²) in [5, 5.41) is 5.67. The summed E-state index contributed by atoms with van der Waals surface area (Å²) >= 11 is 4.41.